The average Bonchev–Trinajstić information content (AvgIpc) is 2.75. The molecule has 0 radical (unpaired) electrons. The molecule has 0 atom stereocenters. The minimum atomic E-state index is -0.524. The molecule has 0 fully saturated rings. The van der Waals surface area contributed by atoms with Gasteiger partial charge in [-0.05, 0) is 36.4 Å². The van der Waals surface area contributed by atoms with Crippen molar-refractivity contribution < 1.29 is 23.8 Å². The average molecular weight is 484 g/mol. The second-order valence-corrected chi connectivity index (χ2v) is 7.64. The molecule has 0 spiro atoms. The largest absolute Gasteiger partial charge is 0.493 e. The van der Waals surface area contributed by atoms with E-state index in [9.17, 15) is 9.59 Å². The maximum absolute atomic E-state index is 12.3. The Labute approximate surface area is 181 Å². The summed E-state index contributed by atoms with van der Waals surface area (Å²) in [5, 5.41) is 2.67. The van der Waals surface area contributed by atoms with Gasteiger partial charge in [0.05, 0.1) is 21.3 Å². The number of rotatable bonds is 8. The van der Waals surface area contributed by atoms with Crippen LogP contribution in [0.25, 0.3) is 0 Å². The zero-order chi connectivity index (χ0) is 21.2. The van der Waals surface area contributed by atoms with Crippen LogP contribution >= 0.6 is 27.7 Å². The van der Waals surface area contributed by atoms with Gasteiger partial charge in [0.1, 0.15) is 0 Å². The number of carbonyl (C=O) groups is 2. The Hall–Kier alpha value is -2.59. The summed E-state index contributed by atoms with van der Waals surface area (Å²) in [5.74, 6) is 1.22. The maximum Gasteiger partial charge on any atom is 0.333 e. The van der Waals surface area contributed by atoms with Crippen LogP contribution in [0.4, 0.5) is 4.79 Å². The molecule has 0 aromatic heterocycles. The summed E-state index contributed by atoms with van der Waals surface area (Å²) in [6.45, 7) is 0.437. The van der Waals surface area contributed by atoms with Gasteiger partial charge >= 0.3 is 6.03 Å². The van der Waals surface area contributed by atoms with Crippen molar-refractivity contribution in [2.75, 3.05) is 33.6 Å². The van der Waals surface area contributed by atoms with Gasteiger partial charge in [-0.1, -0.05) is 15.9 Å². The lowest BCUT2D eigenvalue weighted by molar-refractivity contribution is 0.0935. The van der Waals surface area contributed by atoms with E-state index in [1.807, 2.05) is 24.3 Å². The van der Waals surface area contributed by atoms with Crippen LogP contribution < -0.4 is 30.4 Å². The normalized spacial score (nSPS) is 10.1. The second-order valence-electron chi connectivity index (χ2n) is 5.55. The summed E-state index contributed by atoms with van der Waals surface area (Å²) in [6.07, 6.45) is 0. The standard InChI is InChI=1S/C19H22BrN3O5S/c1-26-15-10-12(11-16(27-2)17(15)28-3)18(24)22-23-19(25)21-8-9-29-14-6-4-13(20)5-7-14/h4-7,10-11H,8-9H2,1-3H3,(H,22,24)(H2,21,23,25). The van der Waals surface area contributed by atoms with E-state index in [1.165, 1.54) is 33.5 Å². The van der Waals surface area contributed by atoms with Crippen LogP contribution in [0, 0.1) is 0 Å². The zero-order valence-electron chi connectivity index (χ0n) is 16.2. The summed E-state index contributed by atoms with van der Waals surface area (Å²) in [4.78, 5) is 25.3. The zero-order valence-corrected chi connectivity index (χ0v) is 18.6. The Morgan fingerprint density at radius 1 is 0.966 bits per heavy atom. The maximum atomic E-state index is 12.3. The number of hydrogen-bond donors (Lipinski definition) is 3. The van der Waals surface area contributed by atoms with Crippen LogP contribution in [-0.4, -0.2) is 45.6 Å². The van der Waals surface area contributed by atoms with E-state index in [0.717, 1.165) is 9.37 Å². The third-order valence-corrected chi connectivity index (χ3v) is 5.23. The predicted octanol–water partition coefficient (Wildman–Crippen LogP) is 3.21. The molecule has 2 aromatic rings. The first-order chi connectivity index (χ1) is 14.0. The van der Waals surface area contributed by atoms with E-state index in [4.69, 9.17) is 14.2 Å². The summed E-state index contributed by atoms with van der Waals surface area (Å²) in [5.41, 5.74) is 4.89. The number of halogens is 1. The van der Waals surface area contributed by atoms with Crippen LogP contribution in [-0.2, 0) is 0 Å². The molecule has 29 heavy (non-hydrogen) atoms. The Kier molecular flexibility index (Phi) is 8.94. The number of amides is 3. The third-order valence-electron chi connectivity index (χ3n) is 3.69. The first-order valence-corrected chi connectivity index (χ1v) is 10.3. The first kappa shape index (κ1) is 22.7. The molecule has 2 rings (SSSR count). The SMILES string of the molecule is COc1cc(C(=O)NNC(=O)NCCSc2ccc(Br)cc2)cc(OC)c1OC. The van der Waals surface area contributed by atoms with Crippen molar-refractivity contribution in [3.8, 4) is 17.2 Å². The van der Waals surface area contributed by atoms with Gasteiger partial charge in [-0.2, -0.15) is 0 Å². The number of carbonyl (C=O) groups excluding carboxylic acids is 2. The fourth-order valence-corrected chi connectivity index (χ4v) is 3.34. The highest BCUT2D eigenvalue weighted by molar-refractivity contribution is 9.10. The van der Waals surface area contributed by atoms with Gasteiger partial charge in [0, 0.05) is 27.2 Å². The molecule has 156 valence electrons. The van der Waals surface area contributed by atoms with E-state index < -0.39 is 11.9 Å². The van der Waals surface area contributed by atoms with Crippen molar-refractivity contribution in [3.63, 3.8) is 0 Å². The molecule has 2 aromatic carbocycles. The van der Waals surface area contributed by atoms with Gasteiger partial charge in [0.2, 0.25) is 5.75 Å². The number of urea groups is 1. The highest BCUT2D eigenvalue weighted by atomic mass is 79.9. The van der Waals surface area contributed by atoms with Crippen LogP contribution in [0.5, 0.6) is 17.2 Å². The Bertz CT molecular complexity index is 823. The lowest BCUT2D eigenvalue weighted by Gasteiger charge is -2.14. The van der Waals surface area contributed by atoms with Gasteiger partial charge in [0.25, 0.3) is 5.91 Å². The molecule has 8 nitrogen and oxygen atoms in total. The van der Waals surface area contributed by atoms with Crippen molar-refractivity contribution in [3.05, 3.63) is 46.4 Å². The fourth-order valence-electron chi connectivity index (χ4n) is 2.31. The van der Waals surface area contributed by atoms with E-state index in [0.29, 0.717) is 29.5 Å². The van der Waals surface area contributed by atoms with E-state index >= 15 is 0 Å². The molecule has 3 amide bonds. The first-order valence-electron chi connectivity index (χ1n) is 8.51. The second kappa shape index (κ2) is 11.4. The molecular formula is C19H22BrN3O5S. The monoisotopic (exact) mass is 483 g/mol. The van der Waals surface area contributed by atoms with Crippen molar-refractivity contribution in [1.82, 2.24) is 16.2 Å². The molecule has 0 heterocycles. The molecule has 0 aliphatic heterocycles. The van der Waals surface area contributed by atoms with Gasteiger partial charge in [-0.15, -0.1) is 11.8 Å². The number of methoxy groups -OCH3 is 3. The number of thioether (sulfide) groups is 1. The lowest BCUT2D eigenvalue weighted by Crippen LogP contribution is -2.47. The van der Waals surface area contributed by atoms with Crippen molar-refractivity contribution >= 4 is 39.6 Å². The fraction of sp³-hybridized carbons (Fsp3) is 0.263. The predicted molar refractivity (Wildman–Crippen MR) is 115 cm³/mol. The number of benzene rings is 2. The summed E-state index contributed by atoms with van der Waals surface area (Å²) < 4.78 is 16.7. The van der Waals surface area contributed by atoms with Gasteiger partial charge in [0.15, 0.2) is 11.5 Å². The van der Waals surface area contributed by atoms with Crippen molar-refractivity contribution in [1.29, 1.82) is 0 Å². The quantitative estimate of drug-likeness (QED) is 0.303. The Morgan fingerprint density at radius 2 is 1.59 bits per heavy atom. The molecule has 0 unspecified atom stereocenters. The van der Waals surface area contributed by atoms with E-state index in [2.05, 4.69) is 32.1 Å². The van der Waals surface area contributed by atoms with Crippen LogP contribution in [0.15, 0.2) is 45.8 Å². The minimum absolute atomic E-state index is 0.241. The van der Waals surface area contributed by atoms with Crippen LogP contribution in [0.3, 0.4) is 0 Å². The van der Waals surface area contributed by atoms with Gasteiger partial charge in [-0.25, -0.2) is 10.2 Å². The molecule has 0 aliphatic carbocycles. The molecule has 0 aliphatic rings. The minimum Gasteiger partial charge on any atom is -0.493 e. The topological polar surface area (TPSA) is 97.9 Å². The molecule has 3 N–H and O–H groups in total. The van der Waals surface area contributed by atoms with E-state index in [-0.39, 0.29) is 5.56 Å². The smallest absolute Gasteiger partial charge is 0.333 e. The molecule has 0 bridgehead atoms. The number of hydrazine groups is 1. The number of ether oxygens (including phenoxy) is 3. The van der Waals surface area contributed by atoms with Crippen molar-refractivity contribution in [2.45, 2.75) is 4.90 Å². The summed E-state index contributed by atoms with van der Waals surface area (Å²) in [6, 6.07) is 10.4. The molecule has 10 heteroatoms. The number of nitrogens with one attached hydrogen (secondary N) is 3. The number of hydrogen-bond acceptors (Lipinski definition) is 6. The lowest BCUT2D eigenvalue weighted by atomic mass is 10.1. The Morgan fingerprint density at radius 3 is 2.14 bits per heavy atom. The molecular weight excluding hydrogens is 462 g/mol. The van der Waals surface area contributed by atoms with Gasteiger partial charge in [-0.3, -0.25) is 10.2 Å². The van der Waals surface area contributed by atoms with E-state index in [1.54, 1.807) is 11.8 Å². The molecule has 0 saturated heterocycles. The van der Waals surface area contributed by atoms with Crippen LogP contribution in [0.1, 0.15) is 10.4 Å². The summed E-state index contributed by atoms with van der Waals surface area (Å²) in [7, 11) is 4.38. The summed E-state index contributed by atoms with van der Waals surface area (Å²) >= 11 is 5.00. The highest BCUT2D eigenvalue weighted by Crippen LogP contribution is 2.38. The van der Waals surface area contributed by atoms with Crippen molar-refractivity contribution in [2.24, 2.45) is 0 Å². The molecule has 0 saturated carbocycles. The highest BCUT2D eigenvalue weighted by Gasteiger charge is 2.17. The van der Waals surface area contributed by atoms with Crippen LogP contribution in [0.2, 0.25) is 0 Å². The Balaban J connectivity index is 1.80. The third kappa shape index (κ3) is 6.75. The van der Waals surface area contributed by atoms with Gasteiger partial charge < -0.3 is 19.5 Å².